The molecule has 0 radical (unpaired) electrons. The lowest BCUT2D eigenvalue weighted by Crippen LogP contribution is -2.63. The molecule has 0 saturated carbocycles. The van der Waals surface area contributed by atoms with Crippen LogP contribution in [0.15, 0.2) is 21.8 Å². The van der Waals surface area contributed by atoms with Gasteiger partial charge in [0, 0.05) is 246 Å². The molecule has 0 aliphatic carbocycles. The second-order valence-corrected chi connectivity index (χ2v) is 15.1. The molecule has 43 heavy (non-hydrogen) atoms. The number of piperazine rings is 1. The highest BCUT2D eigenvalue weighted by atomic mass is 32.2. The molecule has 0 spiro atoms. The molecule has 1 saturated heterocycles. The number of rotatable bonds is 10. The van der Waals surface area contributed by atoms with Crippen molar-refractivity contribution < 1.29 is 221 Å². The molecular weight excluding hydrogens is 564 g/mol. The van der Waals surface area contributed by atoms with Crippen LogP contribution in [-0.4, -0.2) is 74.1 Å². The summed E-state index contributed by atoms with van der Waals surface area (Å²) in [4.78, 5) is 23.1. The van der Waals surface area contributed by atoms with Gasteiger partial charge in [0.1, 0.15) is 22.7 Å². The molecule has 1 aliphatic rings. The predicted molar refractivity (Wildman–Crippen MR) is 424 cm³/mol. The largest absolute Gasteiger partial charge is 0.487 e. The highest BCUT2D eigenvalue weighted by Crippen LogP contribution is 2.38. The quantitative estimate of drug-likeness (QED) is 0.216. The van der Waals surface area contributed by atoms with E-state index in [1.807, 2.05) is 41.5 Å². The van der Waals surface area contributed by atoms with Crippen LogP contribution in [0.3, 0.4) is 0 Å². The van der Waals surface area contributed by atoms with Crippen molar-refractivity contribution in [2.75, 3.05) is 19.6 Å². The van der Waals surface area contributed by atoms with E-state index >= 15 is 0 Å². The average Bonchev–Trinajstić information content (AvgIpc) is 1.02. The van der Waals surface area contributed by atoms with Crippen LogP contribution in [0, 0.1) is 6.92 Å². The van der Waals surface area contributed by atoms with Gasteiger partial charge < -0.3 is 9.72 Å². The number of hydrogen-bond donors (Lipinski definition) is 1. The number of sulfonamides is 1. The van der Waals surface area contributed by atoms with Crippen LogP contribution in [0.25, 0.3) is 22.4 Å². The second kappa shape index (κ2) is 12.0. The van der Waals surface area contributed by atoms with Gasteiger partial charge in [-0.2, -0.15) is 9.40 Å². The number of ether oxygens (including phenoxy) is 1. The van der Waals surface area contributed by atoms with E-state index in [-0.39, 0.29) is 178 Å². The van der Waals surface area contributed by atoms with Gasteiger partial charge in [0.05, 0.1) is 16.2 Å². The first-order chi connectivity index (χ1) is 43.6. The summed E-state index contributed by atoms with van der Waals surface area (Å²) < 4.78 is 285. The van der Waals surface area contributed by atoms with Gasteiger partial charge in [-0.05, 0) is 78.6 Å². The van der Waals surface area contributed by atoms with Gasteiger partial charge in [-0.25, -0.2) is 13.4 Å². The number of aromatic nitrogens is 4. The number of benzene rings is 1. The molecule has 3 aromatic rings. The minimum atomic E-state index is -4.05. The Bertz CT molecular complexity index is 1880. The Labute approximate surface area is 473 Å². The highest BCUT2D eigenvalue weighted by molar-refractivity contribution is 7.89. The van der Waals surface area contributed by atoms with Gasteiger partial charge in [-0.1, -0.05) is 34.1 Å². The predicted octanol–water partition coefficient (Wildman–Crippen LogP) is 34.9. The van der Waals surface area contributed by atoms with Crippen molar-refractivity contribution >= 4 is 21.1 Å². The maximum atomic E-state index is 14.4. The first kappa shape index (κ1) is 13.3. The molecule has 1 aliphatic heterocycles. The third-order valence-electron chi connectivity index (χ3n) is 8.66. The van der Waals surface area contributed by atoms with Crippen molar-refractivity contribution in [2.24, 2.45) is 7.05 Å². The van der Waals surface area contributed by atoms with E-state index in [4.69, 9.17) is 80.8 Å². The lowest BCUT2D eigenvalue weighted by atomic mass is 9.97. The molecule has 0 amide bonds. The molecule has 10 nitrogen and oxygen atoms in total. The number of H-pyrrole nitrogens is 1. The number of likely N-dealkylation sites (N-methyl/N-ethyl adjacent to an activating group) is 1. The zero-order valence-electron chi connectivity index (χ0n) is 75.6. The number of aryl methyl sites for hydroxylation is 2. The van der Waals surface area contributed by atoms with Crippen molar-refractivity contribution in [1.82, 2.24) is 29.0 Å². The summed E-state index contributed by atoms with van der Waals surface area (Å²) in [6, 6.07) is 2.90. The van der Waals surface area contributed by atoms with Gasteiger partial charge in [-0.15, -0.1) is 0 Å². The molecule has 2 unspecified atom stereocenters. The Morgan fingerprint density at radius 3 is 2.58 bits per heavy atom. The lowest BCUT2D eigenvalue weighted by molar-refractivity contribution is 0.0165. The van der Waals surface area contributed by atoms with Crippen molar-refractivity contribution in [3.63, 3.8) is 0 Å². The zero-order chi connectivity index (χ0) is 79.9. The molecule has 1 aromatic carbocycles. The van der Waals surface area contributed by atoms with E-state index in [1.54, 1.807) is 35.7 Å². The van der Waals surface area contributed by atoms with Crippen LogP contribution in [0.4, 0.5) is 0 Å². The minimum absolute atomic E-state index is 0. The van der Waals surface area contributed by atoms with Crippen molar-refractivity contribution in [2.45, 2.75) is 116 Å². The van der Waals surface area contributed by atoms with E-state index in [1.165, 1.54) is 11.2 Å². The molecule has 476 valence electrons. The summed E-state index contributed by atoms with van der Waals surface area (Å²) in [6.45, 7) is 17.5. The minimum Gasteiger partial charge on any atom is -0.487 e. The lowest BCUT2D eigenvalue weighted by Gasteiger charge is -2.50. The third-order valence-corrected chi connectivity index (χ3v) is 10.6. The van der Waals surface area contributed by atoms with Gasteiger partial charge in [0.2, 0.25) is 10.0 Å². The number of hydrogen-bond acceptors (Lipinski definition) is 7. The zero-order valence-corrected chi connectivity index (χ0v) is 28.4. The SMILES string of the molecule is [2H]C([2H])(C)N1C(C)CN(S(=O)(=O)c2cc(-c3nc4c(C(C)CCC)nn(C)c4c(=O)[nH]3)c(OC(C)(C)CC)cc2C)CC1(C)C.[2H][2H].[2H][2H].[2H][2H].[2H][2H].[2H][2H].[2H][2H].[2H][2H].[2H][2H].[2H][2H].[2H][2H].[2H][2H].[2H][2H].[2H][2H].[2H][2H].[2H][2H].[2H][2H].[2H][2H].[2H][2H].[2H][2H].[2H][2H].[2H][2H].[2H][2H].[2H][2H].[HH].[HH].[HH].[HH].[HH].[HH].[HH].[HH].[HH].[HH].[HH].[HH].[HH].[HH].[HH].[HH].[HH].[HH].[HH].[HH].[HH].[HH].[HH].[HH].[HH].[HH].[HH].[HH].[HH].[HH].[HH].[HH].[HH].[HH].[HH].[HH].[HH].[HH].[HH].[HH].[HH].[HH].[HH].[HH].[HH].[HH].[HH].[HH].[HH].[HH].[HH].[HH].[HH].[HH].[HH].[HH].[HH].[HH].[HH].[HH].[HH].[HH].[HH].[HH].[HH].[HH].[HH].[HH].[HH].[HH].[HH].[HH].[HH].[HH].[HH].[HH].[HH].[HH].[HH].[HH].[HH].[HH].[HH].[HH].[HH].[HH].[HH].[HH].[HH].[HH].[HH].[HH].[HH].[HH].[HH].[HH]. The summed E-state index contributed by atoms with van der Waals surface area (Å²) in [5.74, 6) is 0.704. The van der Waals surface area contributed by atoms with E-state index in [0.717, 1.165) is 18.5 Å². The van der Waals surface area contributed by atoms with E-state index in [2.05, 4.69) is 23.9 Å². The van der Waals surface area contributed by atoms with E-state index in [0.29, 0.717) is 34.3 Å². The van der Waals surface area contributed by atoms with Gasteiger partial charge in [-0.3, -0.25) is 14.4 Å². The van der Waals surface area contributed by atoms with E-state index < -0.39 is 27.7 Å². The van der Waals surface area contributed by atoms with Crippen molar-refractivity contribution in [3.8, 4) is 17.1 Å². The normalized spacial score (nSPS) is 24.5. The number of nitrogens with one attached hydrogen (secondary N) is 1. The maximum absolute atomic E-state index is 14.4. The van der Waals surface area contributed by atoms with E-state index in [9.17, 15) is 13.2 Å². The molecule has 1 fully saturated rings. The average molecular weight is 903 g/mol. The van der Waals surface area contributed by atoms with Gasteiger partial charge in [0.15, 0.2) is 5.52 Å². The molecule has 2 atom stereocenters. The molecule has 2 aromatic heterocycles. The van der Waals surface area contributed by atoms with Crippen molar-refractivity contribution in [1.29, 1.82) is 0 Å². The Morgan fingerprint density at radius 2 is 2.00 bits per heavy atom. The molecular formula is C32H288N6O4S. The van der Waals surface area contributed by atoms with Crippen LogP contribution in [-0.2, 0) is 17.1 Å². The van der Waals surface area contributed by atoms with Crippen LogP contribution < -0.4 is 10.3 Å². The standard InChI is InChI=1S/C32H50N6O4S.119H2/c1-12-15-20(4)26-27-28(36(11)35-26)30(39)34-29(33-27)23-17-25(21(5)16-24(23)42-32(9,10)13-2)43(40,41)37-18-22(6)38(14-3)31(7,8)19-37;;;;;;;;;;;;;;;;;;;;;;;;;;;;;;;;;;;;;;;;;;;;;;;;;;;;;;;;;;;;;;;;;;;;;;;;;;;;;;;;;;;;;;;;;;;;;;;;;;;;;;;;;;;;;;;;;;;;;;;/h16-17,20,22H,12-15,18-19H2,1-11H3,(H,33,34,39);119*1H/i14D2;23*1+1D;;;;;;;;;;;;;;;;;;;;;;;;;;;;;;;;;;;;;;;;;;;;;;;;;;;;;;;;;;;;;;;;;;;;;;;;;;;;;;;;;;;;;;;;;;;;;;;;. The Kier molecular flexibility index (Phi) is 3.70. The number of fused-ring (bicyclic) bond motifs is 1. The molecule has 1 N–H and O–H groups in total. The van der Waals surface area contributed by atoms with Crippen LogP contribution in [0.1, 0.15) is 307 Å². The van der Waals surface area contributed by atoms with Gasteiger partial charge >= 0.3 is 0 Å². The summed E-state index contributed by atoms with van der Waals surface area (Å²) in [5.41, 5.74) is 0.735. The topological polar surface area (TPSA) is 113 Å². The summed E-state index contributed by atoms with van der Waals surface area (Å²) in [6.07, 6.45) is 2.52. The molecule has 3 heterocycles. The molecule has 0 bridgehead atoms. The fourth-order valence-electron chi connectivity index (χ4n) is 6.20. The van der Waals surface area contributed by atoms with Crippen LogP contribution >= 0.6 is 0 Å². The first-order valence-corrected chi connectivity index (χ1v) is 16.7. The smallest absolute Gasteiger partial charge is 0.277 e. The highest BCUT2D eigenvalue weighted by Gasteiger charge is 2.42. The Balaban J connectivity index is -0.00000000288. The van der Waals surface area contributed by atoms with Crippen molar-refractivity contribution in [3.05, 3.63) is 33.7 Å². The monoisotopic (exact) mass is 903 g/mol. The fraction of sp³-hybridized carbons (Fsp3) is 0.656. The van der Waals surface area contributed by atoms with Crippen LogP contribution in [0.5, 0.6) is 5.75 Å². The maximum Gasteiger partial charge on any atom is 0.277 e. The third kappa shape index (κ3) is 6.26. The fourth-order valence-corrected chi connectivity index (χ4v) is 8.11. The molecule has 4 rings (SSSR count). The van der Waals surface area contributed by atoms with Crippen LogP contribution in [0.2, 0.25) is 0 Å². The first-order valence-electron chi connectivity index (χ1n) is 39.2. The molecule has 11 heteroatoms. The van der Waals surface area contributed by atoms with Gasteiger partial charge in [0.25, 0.3) is 5.56 Å². The Morgan fingerprint density at radius 1 is 1.33 bits per heavy atom. The summed E-state index contributed by atoms with van der Waals surface area (Å²) in [7, 11) is -2.32. The number of nitrogens with zero attached hydrogens (tertiary/aromatic N) is 5. The second-order valence-electron chi connectivity index (χ2n) is 13.2. The Hall–Kier alpha value is -2.76. The summed E-state index contributed by atoms with van der Waals surface area (Å²) >= 11 is 0. The number of aromatic amines is 1. The summed E-state index contributed by atoms with van der Waals surface area (Å²) in [5, 5.41) is 4.64.